The van der Waals surface area contributed by atoms with Crippen LogP contribution in [0.4, 0.5) is 0 Å². The molecule has 2 aliphatic rings. The first-order valence-electron chi connectivity index (χ1n) is 6.70. The minimum atomic E-state index is 0.289. The maximum Gasteiger partial charge on any atom is 0.0587 e. The van der Waals surface area contributed by atoms with Crippen LogP contribution >= 0.6 is 0 Å². The van der Waals surface area contributed by atoms with Crippen molar-refractivity contribution in [1.29, 1.82) is 0 Å². The molecule has 2 N–H and O–H groups in total. The molecule has 2 heteroatoms. The van der Waals surface area contributed by atoms with Crippen LogP contribution in [0.15, 0.2) is 11.6 Å². The molecule has 0 aromatic heterocycles. The van der Waals surface area contributed by atoms with Crippen LogP contribution in [-0.2, 0) is 0 Å². The fourth-order valence-electron chi connectivity index (χ4n) is 2.92. The summed E-state index contributed by atoms with van der Waals surface area (Å²) in [6.45, 7) is 5.90. The largest absolute Gasteiger partial charge is 0.395 e. The zero-order valence-electron chi connectivity index (χ0n) is 10.6. The summed E-state index contributed by atoms with van der Waals surface area (Å²) < 4.78 is 0. The molecule has 0 saturated heterocycles. The van der Waals surface area contributed by atoms with E-state index < -0.39 is 0 Å². The molecule has 1 fully saturated rings. The first kappa shape index (κ1) is 12.1. The standard InChI is InChI=1S/C14H25NO/c1-10-5-11(2)7-13(6-10)14(9-16)15-8-12-3-4-12/h5,10,12-16H,3-4,6-9H2,1-2H3. The van der Waals surface area contributed by atoms with E-state index in [4.69, 9.17) is 0 Å². The van der Waals surface area contributed by atoms with Crippen molar-refractivity contribution in [1.82, 2.24) is 5.32 Å². The van der Waals surface area contributed by atoms with Crippen molar-refractivity contribution in [2.24, 2.45) is 17.8 Å². The molecule has 0 amide bonds. The molecular weight excluding hydrogens is 198 g/mol. The van der Waals surface area contributed by atoms with Crippen LogP contribution in [0.1, 0.15) is 39.5 Å². The van der Waals surface area contributed by atoms with Crippen LogP contribution in [0, 0.1) is 17.8 Å². The highest BCUT2D eigenvalue weighted by Crippen LogP contribution is 2.31. The quantitative estimate of drug-likeness (QED) is 0.701. The average Bonchev–Trinajstić information content (AvgIpc) is 3.01. The molecule has 16 heavy (non-hydrogen) atoms. The van der Waals surface area contributed by atoms with Crippen molar-refractivity contribution in [3.8, 4) is 0 Å². The number of hydrogen-bond acceptors (Lipinski definition) is 2. The number of hydrogen-bond donors (Lipinski definition) is 2. The van der Waals surface area contributed by atoms with Crippen LogP contribution in [-0.4, -0.2) is 24.3 Å². The van der Waals surface area contributed by atoms with E-state index in [1.807, 2.05) is 0 Å². The summed E-state index contributed by atoms with van der Waals surface area (Å²) in [5, 5.41) is 13.1. The van der Waals surface area contributed by atoms with Gasteiger partial charge in [-0.3, -0.25) is 0 Å². The molecule has 0 bridgehead atoms. The van der Waals surface area contributed by atoms with Gasteiger partial charge in [0, 0.05) is 6.04 Å². The second-order valence-corrected chi connectivity index (χ2v) is 5.83. The molecule has 0 radical (unpaired) electrons. The first-order chi connectivity index (χ1) is 7.69. The van der Waals surface area contributed by atoms with Gasteiger partial charge in [-0.05, 0) is 56.9 Å². The van der Waals surface area contributed by atoms with Gasteiger partial charge in [-0.25, -0.2) is 0 Å². The Morgan fingerprint density at radius 2 is 2.25 bits per heavy atom. The van der Waals surface area contributed by atoms with E-state index in [-0.39, 0.29) is 6.61 Å². The van der Waals surface area contributed by atoms with Gasteiger partial charge in [-0.1, -0.05) is 18.6 Å². The van der Waals surface area contributed by atoms with Gasteiger partial charge in [0.1, 0.15) is 0 Å². The molecule has 0 aliphatic heterocycles. The van der Waals surface area contributed by atoms with Gasteiger partial charge in [0.2, 0.25) is 0 Å². The first-order valence-corrected chi connectivity index (χ1v) is 6.70. The van der Waals surface area contributed by atoms with Crippen molar-refractivity contribution in [3.63, 3.8) is 0 Å². The molecule has 0 aromatic rings. The smallest absolute Gasteiger partial charge is 0.0587 e. The molecule has 0 heterocycles. The van der Waals surface area contributed by atoms with Gasteiger partial charge in [0.15, 0.2) is 0 Å². The highest BCUT2D eigenvalue weighted by molar-refractivity contribution is 5.07. The summed E-state index contributed by atoms with van der Waals surface area (Å²) >= 11 is 0. The lowest BCUT2D eigenvalue weighted by Gasteiger charge is -2.32. The van der Waals surface area contributed by atoms with Gasteiger partial charge in [0.25, 0.3) is 0 Å². The van der Waals surface area contributed by atoms with Gasteiger partial charge in [-0.2, -0.15) is 0 Å². The summed E-state index contributed by atoms with van der Waals surface area (Å²) in [7, 11) is 0. The monoisotopic (exact) mass is 223 g/mol. The number of aliphatic hydroxyl groups is 1. The minimum absolute atomic E-state index is 0.289. The Labute approximate surface area is 99.1 Å². The summed E-state index contributed by atoms with van der Waals surface area (Å²) in [5.74, 6) is 2.20. The van der Waals surface area contributed by atoms with Crippen LogP contribution in [0.3, 0.4) is 0 Å². The summed E-state index contributed by atoms with van der Waals surface area (Å²) in [6.07, 6.45) is 7.52. The normalized spacial score (nSPS) is 32.3. The fraction of sp³-hybridized carbons (Fsp3) is 0.857. The Kier molecular flexibility index (Phi) is 4.04. The molecule has 0 aromatic carbocycles. The van der Waals surface area contributed by atoms with Crippen molar-refractivity contribution in [2.45, 2.75) is 45.6 Å². The Balaban J connectivity index is 1.84. The molecule has 0 spiro atoms. The van der Waals surface area contributed by atoms with Crippen molar-refractivity contribution in [3.05, 3.63) is 11.6 Å². The predicted octanol–water partition coefficient (Wildman–Crippen LogP) is 2.34. The SMILES string of the molecule is CC1=CC(C)CC(C(CO)NCC2CC2)C1. The summed E-state index contributed by atoms with van der Waals surface area (Å²) in [5.41, 5.74) is 1.50. The third-order valence-electron chi connectivity index (χ3n) is 3.96. The lowest BCUT2D eigenvalue weighted by atomic mass is 9.79. The molecule has 3 unspecified atom stereocenters. The Hall–Kier alpha value is -0.340. The van der Waals surface area contributed by atoms with E-state index in [2.05, 4.69) is 25.2 Å². The van der Waals surface area contributed by atoms with E-state index in [0.29, 0.717) is 17.9 Å². The Morgan fingerprint density at radius 1 is 1.50 bits per heavy atom. The van der Waals surface area contributed by atoms with Crippen molar-refractivity contribution >= 4 is 0 Å². The third-order valence-corrected chi connectivity index (χ3v) is 3.96. The van der Waals surface area contributed by atoms with E-state index in [1.165, 1.54) is 24.8 Å². The lowest BCUT2D eigenvalue weighted by Crippen LogP contribution is -2.41. The van der Waals surface area contributed by atoms with Crippen LogP contribution in [0.25, 0.3) is 0 Å². The van der Waals surface area contributed by atoms with Crippen LogP contribution < -0.4 is 5.32 Å². The topological polar surface area (TPSA) is 32.3 Å². The fourth-order valence-corrected chi connectivity index (χ4v) is 2.92. The molecule has 2 aliphatic carbocycles. The second-order valence-electron chi connectivity index (χ2n) is 5.83. The molecule has 92 valence electrons. The molecular formula is C14H25NO. The molecule has 1 saturated carbocycles. The van der Waals surface area contributed by atoms with Crippen LogP contribution in [0.5, 0.6) is 0 Å². The average molecular weight is 223 g/mol. The molecule has 2 nitrogen and oxygen atoms in total. The van der Waals surface area contributed by atoms with E-state index >= 15 is 0 Å². The minimum Gasteiger partial charge on any atom is -0.395 e. The van der Waals surface area contributed by atoms with E-state index in [9.17, 15) is 5.11 Å². The Bertz CT molecular complexity index is 257. The van der Waals surface area contributed by atoms with E-state index in [1.54, 1.807) is 0 Å². The summed E-state index contributed by atoms with van der Waals surface area (Å²) in [6, 6.07) is 0.312. The number of allylic oxidation sites excluding steroid dienone is 2. The predicted molar refractivity (Wildman–Crippen MR) is 67.2 cm³/mol. The Morgan fingerprint density at radius 3 is 2.81 bits per heavy atom. The molecule has 2 rings (SSSR count). The maximum atomic E-state index is 9.50. The maximum absolute atomic E-state index is 9.50. The number of nitrogens with one attached hydrogen (secondary N) is 1. The second kappa shape index (κ2) is 5.33. The van der Waals surface area contributed by atoms with Crippen molar-refractivity contribution in [2.75, 3.05) is 13.2 Å². The number of rotatable bonds is 5. The zero-order chi connectivity index (χ0) is 11.5. The van der Waals surface area contributed by atoms with Gasteiger partial charge in [-0.15, -0.1) is 0 Å². The zero-order valence-corrected chi connectivity index (χ0v) is 10.6. The van der Waals surface area contributed by atoms with Gasteiger partial charge < -0.3 is 10.4 Å². The van der Waals surface area contributed by atoms with E-state index in [0.717, 1.165) is 18.9 Å². The lowest BCUT2D eigenvalue weighted by molar-refractivity contribution is 0.180. The highest BCUT2D eigenvalue weighted by Gasteiger charge is 2.28. The third kappa shape index (κ3) is 3.33. The van der Waals surface area contributed by atoms with Crippen molar-refractivity contribution < 1.29 is 5.11 Å². The summed E-state index contributed by atoms with van der Waals surface area (Å²) in [4.78, 5) is 0. The molecule has 3 atom stereocenters. The highest BCUT2D eigenvalue weighted by atomic mass is 16.3. The van der Waals surface area contributed by atoms with Gasteiger partial charge >= 0.3 is 0 Å². The van der Waals surface area contributed by atoms with Crippen LogP contribution in [0.2, 0.25) is 0 Å². The van der Waals surface area contributed by atoms with Gasteiger partial charge in [0.05, 0.1) is 6.61 Å². The number of aliphatic hydroxyl groups excluding tert-OH is 1.